The highest BCUT2D eigenvalue weighted by Gasteiger charge is 2.59. The summed E-state index contributed by atoms with van der Waals surface area (Å²) in [5, 5.41) is 13.2. The molecule has 1 saturated heterocycles. The van der Waals surface area contributed by atoms with Crippen LogP contribution < -0.4 is 5.32 Å². The van der Waals surface area contributed by atoms with Crippen molar-refractivity contribution >= 4 is 11.8 Å². The topological polar surface area (TPSA) is 69.6 Å². The van der Waals surface area contributed by atoms with Crippen LogP contribution >= 0.6 is 0 Å². The number of allylic oxidation sites excluding steroid dienone is 1. The van der Waals surface area contributed by atoms with Gasteiger partial charge in [-0.2, -0.15) is 0 Å². The van der Waals surface area contributed by atoms with E-state index in [0.717, 1.165) is 62.3 Å². The van der Waals surface area contributed by atoms with Crippen LogP contribution in [0.2, 0.25) is 0 Å². The molecule has 0 aromatic heterocycles. The van der Waals surface area contributed by atoms with E-state index >= 15 is 0 Å². The fourth-order valence-corrected chi connectivity index (χ4v) is 9.72. The van der Waals surface area contributed by atoms with E-state index < -0.39 is 0 Å². The van der Waals surface area contributed by atoms with Crippen LogP contribution in [0.4, 0.5) is 0 Å². The molecule has 5 nitrogen and oxygen atoms in total. The fraction of sp³-hybridized carbons (Fsp3) is 0.867. The van der Waals surface area contributed by atoms with Crippen molar-refractivity contribution in [2.75, 3.05) is 13.1 Å². The highest BCUT2D eigenvalue weighted by Crippen LogP contribution is 2.67. The Labute approximate surface area is 212 Å². The molecule has 2 N–H and O–H groups in total. The van der Waals surface area contributed by atoms with Crippen LogP contribution in [0.15, 0.2) is 11.6 Å². The molecule has 0 spiro atoms. The third-order valence-corrected chi connectivity index (χ3v) is 11.6. The van der Waals surface area contributed by atoms with E-state index in [1.165, 1.54) is 32.1 Å². The quantitative estimate of drug-likeness (QED) is 0.535. The number of rotatable bonds is 5. The van der Waals surface area contributed by atoms with Crippen molar-refractivity contribution in [2.45, 2.75) is 110 Å². The molecule has 1 aliphatic heterocycles. The van der Waals surface area contributed by atoms with Crippen LogP contribution in [0.25, 0.3) is 0 Å². The van der Waals surface area contributed by atoms with Crippen molar-refractivity contribution in [3.05, 3.63) is 11.6 Å². The standard InChI is InChI=1S/C30H48N2O3/c1-19(5-10-28(35)32-16-13-22(18-32)31-20(2)33)25-8-9-26-24-7-6-21-17-23(34)11-14-29(21,3)27(24)12-15-30(25,26)4/h6,19,22-27,34H,5,7-18H2,1-4H3,(H,31,33)/t19-,22+,23+,24+,25-,26+,27+,29+,30-/m1/s1. The number of carbonyl (C=O) groups is 2. The van der Waals surface area contributed by atoms with Crippen LogP contribution in [0.3, 0.4) is 0 Å². The molecule has 196 valence electrons. The van der Waals surface area contributed by atoms with E-state index in [0.29, 0.717) is 29.7 Å². The van der Waals surface area contributed by atoms with Crippen molar-refractivity contribution < 1.29 is 14.7 Å². The average molecular weight is 485 g/mol. The Morgan fingerprint density at radius 3 is 2.71 bits per heavy atom. The molecule has 5 rings (SSSR count). The smallest absolute Gasteiger partial charge is 0.222 e. The van der Waals surface area contributed by atoms with E-state index in [4.69, 9.17) is 0 Å². The predicted octanol–water partition coefficient (Wildman–Crippen LogP) is 5.08. The van der Waals surface area contributed by atoms with Gasteiger partial charge in [0.25, 0.3) is 0 Å². The first-order valence-electron chi connectivity index (χ1n) is 14.5. The van der Waals surface area contributed by atoms with E-state index in [9.17, 15) is 14.7 Å². The summed E-state index contributed by atoms with van der Waals surface area (Å²) in [6, 6.07) is 0.123. The Morgan fingerprint density at radius 1 is 1.14 bits per heavy atom. The minimum Gasteiger partial charge on any atom is -0.393 e. The van der Waals surface area contributed by atoms with Crippen molar-refractivity contribution in [1.29, 1.82) is 0 Å². The van der Waals surface area contributed by atoms with Gasteiger partial charge >= 0.3 is 0 Å². The minimum absolute atomic E-state index is 0.00331. The number of carbonyl (C=O) groups excluding carboxylic acids is 2. The highest BCUT2D eigenvalue weighted by molar-refractivity contribution is 5.77. The lowest BCUT2D eigenvalue weighted by Gasteiger charge is -2.58. The second kappa shape index (κ2) is 9.50. The van der Waals surface area contributed by atoms with Crippen molar-refractivity contribution in [3.8, 4) is 0 Å². The average Bonchev–Trinajstić information content (AvgIpc) is 3.41. The molecule has 1 heterocycles. The zero-order valence-electron chi connectivity index (χ0n) is 22.5. The van der Waals surface area contributed by atoms with Crippen LogP contribution in [-0.4, -0.2) is 47.1 Å². The number of amides is 2. The Morgan fingerprint density at radius 2 is 1.94 bits per heavy atom. The van der Waals surface area contributed by atoms with Gasteiger partial charge in [-0.15, -0.1) is 0 Å². The first-order valence-corrected chi connectivity index (χ1v) is 14.5. The van der Waals surface area contributed by atoms with Gasteiger partial charge in [0.15, 0.2) is 0 Å². The normalized spacial score (nSPS) is 43.6. The lowest BCUT2D eigenvalue weighted by atomic mass is 9.47. The van der Waals surface area contributed by atoms with E-state index in [1.807, 2.05) is 4.90 Å². The number of likely N-dealkylation sites (tertiary alicyclic amines) is 1. The first-order chi connectivity index (χ1) is 16.6. The summed E-state index contributed by atoms with van der Waals surface area (Å²) in [6.07, 6.45) is 14.5. The molecule has 2 amide bonds. The van der Waals surface area contributed by atoms with E-state index in [-0.39, 0.29) is 24.0 Å². The van der Waals surface area contributed by atoms with Gasteiger partial charge in [0.2, 0.25) is 11.8 Å². The van der Waals surface area contributed by atoms with E-state index in [1.54, 1.807) is 12.5 Å². The molecule has 4 aliphatic carbocycles. The number of nitrogens with one attached hydrogen (secondary N) is 1. The largest absolute Gasteiger partial charge is 0.393 e. The highest BCUT2D eigenvalue weighted by atomic mass is 16.3. The number of hydrogen-bond acceptors (Lipinski definition) is 3. The lowest BCUT2D eigenvalue weighted by Crippen LogP contribution is -2.50. The Kier molecular flexibility index (Phi) is 6.87. The molecular weight excluding hydrogens is 436 g/mol. The molecular formula is C30H48N2O3. The van der Waals surface area contributed by atoms with Crippen LogP contribution in [0, 0.1) is 40.4 Å². The van der Waals surface area contributed by atoms with Gasteiger partial charge in [-0.05, 0) is 105 Å². The second-order valence-electron chi connectivity index (χ2n) is 13.4. The number of aliphatic hydroxyl groups excluding tert-OH is 1. The summed E-state index contributed by atoms with van der Waals surface area (Å²) in [7, 11) is 0. The molecule has 5 aliphatic rings. The summed E-state index contributed by atoms with van der Waals surface area (Å²) >= 11 is 0. The van der Waals surface area contributed by atoms with Crippen molar-refractivity contribution in [3.63, 3.8) is 0 Å². The van der Waals surface area contributed by atoms with Crippen LogP contribution in [0.1, 0.15) is 98.3 Å². The van der Waals surface area contributed by atoms with Gasteiger partial charge in [-0.1, -0.05) is 32.4 Å². The van der Waals surface area contributed by atoms with Crippen LogP contribution in [-0.2, 0) is 9.59 Å². The summed E-state index contributed by atoms with van der Waals surface area (Å²) in [5.41, 5.74) is 2.28. The van der Waals surface area contributed by atoms with Gasteiger partial charge in [-0.25, -0.2) is 0 Å². The maximum absolute atomic E-state index is 12.9. The first kappa shape index (κ1) is 25.3. The number of nitrogens with zero attached hydrogens (tertiary/aromatic N) is 1. The Bertz CT molecular complexity index is 870. The number of fused-ring (bicyclic) bond motifs is 5. The van der Waals surface area contributed by atoms with Gasteiger partial charge in [-0.3, -0.25) is 9.59 Å². The minimum atomic E-state index is -0.129. The van der Waals surface area contributed by atoms with Gasteiger partial charge in [0.05, 0.1) is 6.10 Å². The summed E-state index contributed by atoms with van der Waals surface area (Å²) in [6.45, 7) is 10.5. The number of hydrogen-bond donors (Lipinski definition) is 2. The Hall–Kier alpha value is -1.36. The molecule has 3 saturated carbocycles. The molecule has 0 unspecified atom stereocenters. The zero-order valence-corrected chi connectivity index (χ0v) is 22.5. The molecule has 0 radical (unpaired) electrons. The number of aliphatic hydroxyl groups is 1. The van der Waals surface area contributed by atoms with Crippen molar-refractivity contribution in [2.24, 2.45) is 40.4 Å². The fourth-order valence-electron chi connectivity index (χ4n) is 9.72. The van der Waals surface area contributed by atoms with Gasteiger partial charge < -0.3 is 15.3 Å². The predicted molar refractivity (Wildman–Crippen MR) is 138 cm³/mol. The summed E-state index contributed by atoms with van der Waals surface area (Å²) < 4.78 is 0. The van der Waals surface area contributed by atoms with Crippen molar-refractivity contribution in [1.82, 2.24) is 10.2 Å². The summed E-state index contributed by atoms with van der Waals surface area (Å²) in [5.74, 6) is 3.96. The molecule has 4 fully saturated rings. The third-order valence-electron chi connectivity index (χ3n) is 11.6. The van der Waals surface area contributed by atoms with Gasteiger partial charge in [0.1, 0.15) is 0 Å². The second-order valence-corrected chi connectivity index (χ2v) is 13.4. The molecule has 0 aromatic rings. The maximum atomic E-state index is 12.9. The SMILES string of the molecule is CC(=O)N[C@H]1CCN(C(=O)CC[C@@H](C)[C@H]2CC[C@H]3[C@@H]4CC=C5C[C@@H](O)CC[C@]5(C)[C@H]4CC[C@]23C)C1. The van der Waals surface area contributed by atoms with E-state index in [2.05, 4.69) is 32.2 Å². The Balaban J connectivity index is 1.20. The van der Waals surface area contributed by atoms with Crippen LogP contribution in [0.5, 0.6) is 0 Å². The maximum Gasteiger partial charge on any atom is 0.222 e. The van der Waals surface area contributed by atoms with Gasteiger partial charge in [0, 0.05) is 32.5 Å². The molecule has 5 heteroatoms. The lowest BCUT2D eigenvalue weighted by molar-refractivity contribution is -0.131. The molecule has 0 bridgehead atoms. The monoisotopic (exact) mass is 484 g/mol. The summed E-state index contributed by atoms with van der Waals surface area (Å²) in [4.78, 5) is 26.2. The third kappa shape index (κ3) is 4.49. The molecule has 0 aromatic carbocycles. The molecule has 35 heavy (non-hydrogen) atoms. The molecule has 9 atom stereocenters. The zero-order chi connectivity index (χ0) is 25.0.